The van der Waals surface area contributed by atoms with Crippen LogP contribution in [0.4, 0.5) is 0 Å². The molecule has 2 aliphatic carbocycles. The molecule has 2 saturated carbocycles. The van der Waals surface area contributed by atoms with Gasteiger partial charge in [-0.3, -0.25) is 14.7 Å². The summed E-state index contributed by atoms with van der Waals surface area (Å²) in [7, 11) is 0. The van der Waals surface area contributed by atoms with Crippen molar-refractivity contribution in [1.29, 1.82) is 0 Å². The highest BCUT2D eigenvalue weighted by molar-refractivity contribution is 5.93. The van der Waals surface area contributed by atoms with E-state index in [1.807, 2.05) is 15.9 Å². The van der Waals surface area contributed by atoms with Crippen molar-refractivity contribution in [2.75, 3.05) is 26.2 Å². The molecule has 122 valence electrons. The summed E-state index contributed by atoms with van der Waals surface area (Å²) in [5, 5.41) is 7.24. The van der Waals surface area contributed by atoms with Crippen LogP contribution in [0.5, 0.6) is 0 Å². The molecule has 0 radical (unpaired) electrons. The topological polar surface area (TPSA) is 69.3 Å². The minimum atomic E-state index is 0.0319. The molecule has 4 aliphatic rings. The number of nitrogens with zero attached hydrogens (tertiary/aromatic N) is 3. The maximum Gasteiger partial charge on any atom is 0.274 e. The first-order valence-electron chi connectivity index (χ1n) is 8.77. The molecule has 0 unspecified atom stereocenters. The van der Waals surface area contributed by atoms with E-state index in [0.717, 1.165) is 44.7 Å². The van der Waals surface area contributed by atoms with E-state index >= 15 is 0 Å². The summed E-state index contributed by atoms with van der Waals surface area (Å²) in [4.78, 5) is 28.3. The molecule has 0 bridgehead atoms. The molecule has 6 heteroatoms. The molecule has 1 N–H and O–H groups in total. The van der Waals surface area contributed by atoms with Gasteiger partial charge in [0.1, 0.15) is 5.69 Å². The molecule has 0 aromatic carbocycles. The van der Waals surface area contributed by atoms with Crippen molar-refractivity contribution in [3.63, 3.8) is 0 Å². The third-order valence-corrected chi connectivity index (χ3v) is 5.99. The monoisotopic (exact) mass is 314 g/mol. The molecule has 1 aromatic rings. The predicted octanol–water partition coefficient (Wildman–Crippen LogP) is 1.37. The van der Waals surface area contributed by atoms with E-state index in [1.54, 1.807) is 0 Å². The molecule has 23 heavy (non-hydrogen) atoms. The van der Waals surface area contributed by atoms with Crippen molar-refractivity contribution >= 4 is 11.8 Å². The third-order valence-electron chi connectivity index (χ3n) is 5.99. The van der Waals surface area contributed by atoms with Crippen LogP contribution < -0.4 is 0 Å². The second kappa shape index (κ2) is 4.58. The summed E-state index contributed by atoms with van der Waals surface area (Å²) in [6.45, 7) is 3.21. The molecule has 5 rings (SSSR count). The lowest BCUT2D eigenvalue weighted by atomic mass is 9.72. The Kier molecular flexibility index (Phi) is 2.71. The van der Waals surface area contributed by atoms with Crippen LogP contribution in [0.15, 0.2) is 6.07 Å². The van der Waals surface area contributed by atoms with Gasteiger partial charge < -0.3 is 9.80 Å². The number of hydrogen-bond acceptors (Lipinski definition) is 3. The Bertz CT molecular complexity index is 660. The Labute approximate surface area is 135 Å². The SMILES string of the molecule is O=C(c1cc(C2CCC2)[nH]n1)N1CC2(C1)CN(C(=O)C1CC1)C2. The number of carbonyl (C=O) groups is 2. The number of rotatable bonds is 3. The molecule has 2 amide bonds. The highest BCUT2D eigenvalue weighted by Crippen LogP contribution is 2.43. The van der Waals surface area contributed by atoms with E-state index in [9.17, 15) is 9.59 Å². The summed E-state index contributed by atoms with van der Waals surface area (Å²) in [5.41, 5.74) is 1.83. The van der Waals surface area contributed by atoms with Crippen molar-refractivity contribution < 1.29 is 9.59 Å². The molecule has 0 atom stereocenters. The van der Waals surface area contributed by atoms with Gasteiger partial charge in [-0.15, -0.1) is 0 Å². The number of aromatic amines is 1. The van der Waals surface area contributed by atoms with Gasteiger partial charge in [-0.25, -0.2) is 0 Å². The summed E-state index contributed by atoms with van der Waals surface area (Å²) >= 11 is 0. The highest BCUT2D eigenvalue weighted by Gasteiger charge is 2.55. The average Bonchev–Trinajstić information content (AvgIpc) is 3.13. The molecule has 1 aromatic heterocycles. The van der Waals surface area contributed by atoms with E-state index in [0.29, 0.717) is 23.4 Å². The maximum atomic E-state index is 12.5. The number of amides is 2. The van der Waals surface area contributed by atoms with E-state index in [-0.39, 0.29) is 11.3 Å². The van der Waals surface area contributed by atoms with Gasteiger partial charge in [0, 0.05) is 49.1 Å². The summed E-state index contributed by atoms with van der Waals surface area (Å²) in [6, 6.07) is 1.93. The fourth-order valence-electron chi connectivity index (χ4n) is 4.15. The minimum absolute atomic E-state index is 0.0319. The van der Waals surface area contributed by atoms with Gasteiger partial charge in [-0.05, 0) is 31.7 Å². The van der Waals surface area contributed by atoms with Crippen LogP contribution in [-0.2, 0) is 4.79 Å². The van der Waals surface area contributed by atoms with Gasteiger partial charge in [-0.1, -0.05) is 6.42 Å². The zero-order valence-electron chi connectivity index (χ0n) is 13.3. The summed E-state index contributed by atoms with van der Waals surface area (Å²) in [6.07, 6.45) is 5.81. The van der Waals surface area contributed by atoms with Crippen molar-refractivity contribution in [3.8, 4) is 0 Å². The fraction of sp³-hybridized carbons (Fsp3) is 0.706. The first-order valence-corrected chi connectivity index (χ1v) is 8.77. The molecule has 6 nitrogen and oxygen atoms in total. The Morgan fingerprint density at radius 3 is 2.39 bits per heavy atom. The van der Waals surface area contributed by atoms with Crippen molar-refractivity contribution in [3.05, 3.63) is 17.5 Å². The Hall–Kier alpha value is -1.85. The number of aromatic nitrogens is 2. The number of hydrogen-bond donors (Lipinski definition) is 1. The van der Waals surface area contributed by atoms with E-state index in [2.05, 4.69) is 10.2 Å². The van der Waals surface area contributed by atoms with Crippen LogP contribution in [0, 0.1) is 11.3 Å². The zero-order valence-corrected chi connectivity index (χ0v) is 13.3. The van der Waals surface area contributed by atoms with Crippen LogP contribution in [0.3, 0.4) is 0 Å². The molecule has 2 aliphatic heterocycles. The van der Waals surface area contributed by atoms with E-state index in [1.165, 1.54) is 19.3 Å². The highest BCUT2D eigenvalue weighted by atomic mass is 16.2. The number of H-pyrrole nitrogens is 1. The van der Waals surface area contributed by atoms with Crippen molar-refractivity contribution in [1.82, 2.24) is 20.0 Å². The lowest BCUT2D eigenvalue weighted by Gasteiger charge is -2.60. The van der Waals surface area contributed by atoms with Crippen LogP contribution >= 0.6 is 0 Å². The molecule has 2 saturated heterocycles. The third kappa shape index (κ3) is 2.11. The Morgan fingerprint density at radius 1 is 1.09 bits per heavy atom. The normalized spacial score (nSPS) is 25.7. The smallest absolute Gasteiger partial charge is 0.274 e. The van der Waals surface area contributed by atoms with Crippen molar-refractivity contribution in [2.45, 2.75) is 38.0 Å². The second-order valence-electron chi connectivity index (χ2n) is 7.97. The zero-order chi connectivity index (χ0) is 15.6. The molecule has 3 heterocycles. The van der Waals surface area contributed by atoms with Crippen LogP contribution in [0.25, 0.3) is 0 Å². The number of nitrogens with one attached hydrogen (secondary N) is 1. The molecular weight excluding hydrogens is 292 g/mol. The van der Waals surface area contributed by atoms with Crippen molar-refractivity contribution in [2.24, 2.45) is 11.3 Å². The Balaban J connectivity index is 1.16. The van der Waals surface area contributed by atoms with Gasteiger partial charge in [-0.2, -0.15) is 5.10 Å². The van der Waals surface area contributed by atoms with Gasteiger partial charge in [0.2, 0.25) is 5.91 Å². The fourth-order valence-corrected chi connectivity index (χ4v) is 4.15. The van der Waals surface area contributed by atoms with Gasteiger partial charge in [0.15, 0.2) is 0 Å². The van der Waals surface area contributed by atoms with E-state index in [4.69, 9.17) is 0 Å². The summed E-state index contributed by atoms with van der Waals surface area (Å²) in [5.74, 6) is 1.24. The quantitative estimate of drug-likeness (QED) is 0.916. The lowest BCUT2D eigenvalue weighted by molar-refractivity contribution is -0.155. The van der Waals surface area contributed by atoms with Crippen LogP contribution in [0.1, 0.15) is 54.2 Å². The van der Waals surface area contributed by atoms with Crippen LogP contribution in [0.2, 0.25) is 0 Å². The minimum Gasteiger partial charge on any atom is -0.341 e. The summed E-state index contributed by atoms with van der Waals surface area (Å²) < 4.78 is 0. The standard InChI is InChI=1S/C17H22N4O2/c22-15(12-4-5-12)20-7-17(8-20)9-21(10-17)16(23)14-6-13(18-19-14)11-2-1-3-11/h6,11-12H,1-5,7-10H2,(H,18,19). The van der Waals surface area contributed by atoms with E-state index < -0.39 is 0 Å². The average molecular weight is 314 g/mol. The molecule has 1 spiro atoms. The maximum absolute atomic E-state index is 12.5. The predicted molar refractivity (Wildman–Crippen MR) is 82.8 cm³/mol. The largest absolute Gasteiger partial charge is 0.341 e. The lowest BCUT2D eigenvalue weighted by Crippen LogP contribution is -2.73. The van der Waals surface area contributed by atoms with Crippen LogP contribution in [-0.4, -0.2) is 58.0 Å². The second-order valence-corrected chi connectivity index (χ2v) is 7.97. The van der Waals surface area contributed by atoms with Gasteiger partial charge in [0.05, 0.1) is 0 Å². The molecular formula is C17H22N4O2. The van der Waals surface area contributed by atoms with Gasteiger partial charge >= 0.3 is 0 Å². The Morgan fingerprint density at radius 2 is 1.78 bits per heavy atom. The van der Waals surface area contributed by atoms with Gasteiger partial charge in [0.25, 0.3) is 5.91 Å². The molecule has 4 fully saturated rings. The number of likely N-dealkylation sites (tertiary alicyclic amines) is 2. The number of carbonyl (C=O) groups excluding carboxylic acids is 2. The first-order chi connectivity index (χ1) is 11.1. The first kappa shape index (κ1) is 13.6.